The molecule has 0 aliphatic carbocycles. The summed E-state index contributed by atoms with van der Waals surface area (Å²) in [4.78, 5) is 22.6. The van der Waals surface area contributed by atoms with E-state index in [0.29, 0.717) is 6.61 Å². The second-order valence-electron chi connectivity index (χ2n) is 17.0. The SMILES string of the molecule is CC/C=C\C/C=C\C/C=C\C/C=C\C/C=C\C/C=C\CCCCCCC(=O)OC(COCCCCCCCCCCC/C=C\C/C=C\C/C=C\CCCCCCC)COP(=O)(O)OCCN. The van der Waals surface area contributed by atoms with Gasteiger partial charge < -0.3 is 20.1 Å². The van der Waals surface area contributed by atoms with E-state index in [1.807, 2.05) is 0 Å². The molecule has 0 spiro atoms. The minimum atomic E-state index is -4.30. The third-order valence-corrected chi connectivity index (χ3v) is 11.7. The highest BCUT2D eigenvalue weighted by atomic mass is 31.2. The van der Waals surface area contributed by atoms with Gasteiger partial charge in [-0.1, -0.05) is 207 Å². The Morgan fingerprint density at radius 2 is 0.848 bits per heavy atom. The van der Waals surface area contributed by atoms with Gasteiger partial charge in [0.2, 0.25) is 0 Å². The largest absolute Gasteiger partial charge is 0.472 e. The standard InChI is InChI=1S/C57H98NO7P/c1-3-5-7-9-11-13-15-17-19-21-23-25-27-29-31-33-35-37-39-41-43-45-47-49-52-62-54-56(55-64-66(60,61)63-53-51-58)65-57(59)50-48-46-44-42-40-38-36-34-32-30-28-26-24-22-20-18-16-14-12-10-8-6-4-2/h6,8,12,14-15,17-18,20-21,23-24,26-27,29-30,32,36,38,56H,3-5,7,9-11,13,16,19,22,25,28,31,33-35,37,39-55,58H2,1-2H3,(H,60,61)/b8-6-,14-12-,17-15-,20-18-,23-21-,26-24-,29-27-,32-30-,38-36-. The Bertz CT molecular complexity index is 1380. The number of esters is 1. The van der Waals surface area contributed by atoms with E-state index in [2.05, 4.69) is 123 Å². The van der Waals surface area contributed by atoms with E-state index in [4.69, 9.17) is 24.3 Å². The first-order valence-corrected chi connectivity index (χ1v) is 27.9. The molecular weight excluding hydrogens is 842 g/mol. The third kappa shape index (κ3) is 52.1. The van der Waals surface area contributed by atoms with Crippen molar-refractivity contribution in [2.24, 2.45) is 5.73 Å². The second kappa shape index (κ2) is 53.1. The number of hydrogen-bond donors (Lipinski definition) is 2. The number of nitrogens with two attached hydrogens (primary N) is 1. The number of ether oxygens (including phenoxy) is 2. The molecule has 378 valence electrons. The smallest absolute Gasteiger partial charge is 0.457 e. The van der Waals surface area contributed by atoms with Crippen molar-refractivity contribution >= 4 is 13.8 Å². The van der Waals surface area contributed by atoms with E-state index < -0.39 is 13.9 Å². The van der Waals surface area contributed by atoms with Gasteiger partial charge in [0.25, 0.3) is 0 Å². The van der Waals surface area contributed by atoms with Crippen LogP contribution in [-0.2, 0) is 27.9 Å². The van der Waals surface area contributed by atoms with E-state index in [9.17, 15) is 14.3 Å². The molecule has 0 radical (unpaired) electrons. The molecule has 0 fully saturated rings. The normalized spacial score (nSPS) is 14.2. The van der Waals surface area contributed by atoms with Gasteiger partial charge in [0.1, 0.15) is 6.10 Å². The molecule has 66 heavy (non-hydrogen) atoms. The van der Waals surface area contributed by atoms with Gasteiger partial charge in [-0.05, 0) is 103 Å². The average molecular weight is 940 g/mol. The number of hydrogen-bond acceptors (Lipinski definition) is 7. The zero-order valence-electron chi connectivity index (χ0n) is 42.1. The zero-order chi connectivity index (χ0) is 48.0. The summed E-state index contributed by atoms with van der Waals surface area (Å²) in [5.74, 6) is -0.360. The number of rotatable bonds is 49. The Balaban J connectivity index is 4.04. The van der Waals surface area contributed by atoms with Crippen LogP contribution in [0.5, 0.6) is 0 Å². The maximum absolute atomic E-state index is 12.7. The fourth-order valence-electron chi connectivity index (χ4n) is 6.83. The first-order valence-electron chi connectivity index (χ1n) is 26.4. The highest BCUT2D eigenvalue weighted by Crippen LogP contribution is 2.43. The topological polar surface area (TPSA) is 117 Å². The summed E-state index contributed by atoms with van der Waals surface area (Å²) in [6.07, 6.45) is 72.6. The number of carbonyl (C=O) groups is 1. The molecule has 2 atom stereocenters. The summed E-state index contributed by atoms with van der Waals surface area (Å²) in [5.41, 5.74) is 5.39. The molecule has 0 aromatic heterocycles. The Labute approximate surface area is 405 Å². The Hall–Kier alpha value is -2.84. The average Bonchev–Trinajstić information content (AvgIpc) is 3.31. The first-order chi connectivity index (χ1) is 32.4. The van der Waals surface area contributed by atoms with Gasteiger partial charge in [-0.2, -0.15) is 0 Å². The molecule has 0 saturated heterocycles. The van der Waals surface area contributed by atoms with Crippen molar-refractivity contribution in [1.82, 2.24) is 0 Å². The Morgan fingerprint density at radius 1 is 0.470 bits per heavy atom. The lowest BCUT2D eigenvalue weighted by Crippen LogP contribution is -2.28. The molecule has 0 heterocycles. The molecule has 0 aliphatic rings. The molecular formula is C57H98NO7P. The van der Waals surface area contributed by atoms with Gasteiger partial charge in [-0.3, -0.25) is 13.8 Å². The quantitative estimate of drug-likeness (QED) is 0.0268. The lowest BCUT2D eigenvalue weighted by Gasteiger charge is -2.20. The Kier molecular flexibility index (Phi) is 50.8. The molecule has 2 unspecified atom stereocenters. The monoisotopic (exact) mass is 940 g/mol. The maximum Gasteiger partial charge on any atom is 0.472 e. The molecule has 0 amide bonds. The van der Waals surface area contributed by atoms with Crippen LogP contribution < -0.4 is 5.73 Å². The van der Waals surface area contributed by atoms with Gasteiger partial charge in [0.05, 0.1) is 19.8 Å². The Morgan fingerprint density at radius 3 is 1.27 bits per heavy atom. The number of phosphoric ester groups is 1. The van der Waals surface area contributed by atoms with E-state index in [1.165, 1.54) is 89.9 Å². The maximum atomic E-state index is 12.7. The summed E-state index contributed by atoms with van der Waals surface area (Å²) in [6.45, 7) is 4.73. The molecule has 0 aromatic rings. The molecule has 0 aromatic carbocycles. The lowest BCUT2D eigenvalue weighted by molar-refractivity contribution is -0.154. The van der Waals surface area contributed by atoms with Crippen LogP contribution in [0.2, 0.25) is 0 Å². The van der Waals surface area contributed by atoms with Crippen molar-refractivity contribution < 1.29 is 32.8 Å². The van der Waals surface area contributed by atoms with Gasteiger partial charge in [0.15, 0.2) is 0 Å². The first kappa shape index (κ1) is 63.2. The number of carbonyl (C=O) groups excluding carboxylic acids is 1. The van der Waals surface area contributed by atoms with Crippen LogP contribution >= 0.6 is 7.82 Å². The molecule has 0 bridgehead atoms. The minimum absolute atomic E-state index is 0.0885. The van der Waals surface area contributed by atoms with E-state index in [1.54, 1.807) is 0 Å². The van der Waals surface area contributed by atoms with Crippen molar-refractivity contribution in [3.8, 4) is 0 Å². The number of allylic oxidation sites excluding steroid dienone is 18. The molecule has 3 N–H and O–H groups in total. The van der Waals surface area contributed by atoms with E-state index in [0.717, 1.165) is 96.3 Å². The van der Waals surface area contributed by atoms with Crippen molar-refractivity contribution in [1.29, 1.82) is 0 Å². The third-order valence-electron chi connectivity index (χ3n) is 10.7. The van der Waals surface area contributed by atoms with Gasteiger partial charge in [0, 0.05) is 19.6 Å². The van der Waals surface area contributed by atoms with Crippen LogP contribution in [0.3, 0.4) is 0 Å². The van der Waals surface area contributed by atoms with Crippen molar-refractivity contribution in [3.63, 3.8) is 0 Å². The zero-order valence-corrected chi connectivity index (χ0v) is 43.0. The van der Waals surface area contributed by atoms with Gasteiger partial charge >= 0.3 is 13.8 Å². The predicted octanol–water partition coefficient (Wildman–Crippen LogP) is 16.8. The molecule has 9 heteroatoms. The van der Waals surface area contributed by atoms with Crippen LogP contribution in [0.15, 0.2) is 109 Å². The van der Waals surface area contributed by atoms with E-state index >= 15 is 0 Å². The lowest BCUT2D eigenvalue weighted by atomic mass is 10.1. The van der Waals surface area contributed by atoms with Crippen LogP contribution in [0.25, 0.3) is 0 Å². The number of unbranched alkanes of at least 4 members (excludes halogenated alkanes) is 18. The highest BCUT2D eigenvalue weighted by molar-refractivity contribution is 7.47. The van der Waals surface area contributed by atoms with Crippen molar-refractivity contribution in [2.75, 3.05) is 33.0 Å². The second-order valence-corrected chi connectivity index (χ2v) is 18.5. The van der Waals surface area contributed by atoms with E-state index in [-0.39, 0.29) is 38.8 Å². The summed E-state index contributed by atoms with van der Waals surface area (Å²) in [5, 5.41) is 0. The van der Waals surface area contributed by atoms with Crippen molar-refractivity contribution in [3.05, 3.63) is 109 Å². The summed E-state index contributed by atoms with van der Waals surface area (Å²) in [7, 11) is -4.30. The molecule has 0 rings (SSSR count). The molecule has 8 nitrogen and oxygen atoms in total. The van der Waals surface area contributed by atoms with Crippen LogP contribution in [0, 0.1) is 0 Å². The van der Waals surface area contributed by atoms with Crippen LogP contribution in [-0.4, -0.2) is 49.9 Å². The fraction of sp³-hybridized carbons (Fsp3) is 0.667. The molecule has 0 aliphatic heterocycles. The van der Waals surface area contributed by atoms with Crippen LogP contribution in [0.4, 0.5) is 0 Å². The van der Waals surface area contributed by atoms with Crippen molar-refractivity contribution in [2.45, 2.75) is 213 Å². The van der Waals surface area contributed by atoms with Gasteiger partial charge in [-0.25, -0.2) is 4.57 Å². The summed E-state index contributed by atoms with van der Waals surface area (Å²) < 4.78 is 33.6. The minimum Gasteiger partial charge on any atom is -0.457 e. The van der Waals surface area contributed by atoms with Gasteiger partial charge in [-0.15, -0.1) is 0 Å². The predicted molar refractivity (Wildman–Crippen MR) is 284 cm³/mol. The highest BCUT2D eigenvalue weighted by Gasteiger charge is 2.25. The number of phosphoric acid groups is 1. The molecule has 0 saturated carbocycles. The fourth-order valence-corrected chi connectivity index (χ4v) is 7.60. The summed E-state index contributed by atoms with van der Waals surface area (Å²) in [6, 6.07) is 0. The summed E-state index contributed by atoms with van der Waals surface area (Å²) >= 11 is 0. The van der Waals surface area contributed by atoms with Crippen LogP contribution in [0.1, 0.15) is 206 Å².